The first-order valence-electron chi connectivity index (χ1n) is 5.33. The zero-order chi connectivity index (χ0) is 13.5. The number of hydrogen-bond donors (Lipinski definition) is 3. The number of rotatable bonds is 4. The van der Waals surface area contributed by atoms with E-state index < -0.39 is 11.6 Å². The van der Waals surface area contributed by atoms with Crippen LogP contribution in [0.5, 0.6) is 0 Å². The second-order valence-electron chi connectivity index (χ2n) is 4.50. The molecule has 0 saturated heterocycles. The molecule has 0 aliphatic carbocycles. The molecule has 0 rings (SSSR count). The highest BCUT2D eigenvalue weighted by Gasteiger charge is 2.27. The molecule has 0 aliphatic heterocycles. The Bertz CT molecular complexity index is 216. The Hall–Kier alpha value is -0.870. The Kier molecular flexibility index (Phi) is 8.12. The standard InChI is InChI=1S/C8H18O2.C4H6O2/c1-5-7(9)6(2)8(3,4)10;1-3(2)4(5)6/h6-7,9-10H,5H2,1-4H3;1H2,2H3,(H,5,6). The van der Waals surface area contributed by atoms with Crippen molar-refractivity contribution in [1.29, 1.82) is 0 Å². The fraction of sp³-hybridized carbons (Fsp3) is 0.750. The number of aliphatic hydroxyl groups is 2. The van der Waals surface area contributed by atoms with E-state index in [1.807, 2.05) is 13.8 Å². The minimum atomic E-state index is -0.935. The molecule has 0 heterocycles. The summed E-state index contributed by atoms with van der Waals surface area (Å²) in [5.74, 6) is -0.993. The van der Waals surface area contributed by atoms with Crippen LogP contribution in [0.1, 0.15) is 41.0 Å². The van der Waals surface area contributed by atoms with E-state index in [0.717, 1.165) is 0 Å². The fourth-order valence-electron chi connectivity index (χ4n) is 0.824. The summed E-state index contributed by atoms with van der Waals surface area (Å²) in [6.45, 7) is 11.8. The summed E-state index contributed by atoms with van der Waals surface area (Å²) < 4.78 is 0. The predicted molar refractivity (Wildman–Crippen MR) is 64.2 cm³/mol. The van der Waals surface area contributed by atoms with Gasteiger partial charge in [0.25, 0.3) is 0 Å². The normalized spacial score (nSPS) is 14.4. The third-order valence-corrected chi connectivity index (χ3v) is 2.47. The minimum Gasteiger partial charge on any atom is -0.478 e. The molecule has 0 fully saturated rings. The van der Waals surface area contributed by atoms with E-state index in [9.17, 15) is 15.0 Å². The van der Waals surface area contributed by atoms with Gasteiger partial charge in [0.2, 0.25) is 0 Å². The summed E-state index contributed by atoms with van der Waals surface area (Å²) in [5.41, 5.74) is -0.592. The summed E-state index contributed by atoms with van der Waals surface area (Å²) in [7, 11) is 0. The van der Waals surface area contributed by atoms with E-state index in [1.165, 1.54) is 6.92 Å². The van der Waals surface area contributed by atoms with Crippen molar-refractivity contribution < 1.29 is 20.1 Å². The second-order valence-corrected chi connectivity index (χ2v) is 4.50. The van der Waals surface area contributed by atoms with Gasteiger partial charge in [0, 0.05) is 11.5 Å². The summed E-state index contributed by atoms with van der Waals surface area (Å²) in [4.78, 5) is 9.60. The van der Waals surface area contributed by atoms with Gasteiger partial charge >= 0.3 is 5.97 Å². The number of carboxylic acid groups (broad SMARTS) is 1. The Balaban J connectivity index is 0. The molecule has 2 unspecified atom stereocenters. The van der Waals surface area contributed by atoms with Gasteiger partial charge in [0.15, 0.2) is 0 Å². The van der Waals surface area contributed by atoms with Crippen LogP contribution in [0.15, 0.2) is 12.2 Å². The van der Waals surface area contributed by atoms with Gasteiger partial charge in [-0.05, 0) is 27.2 Å². The van der Waals surface area contributed by atoms with E-state index >= 15 is 0 Å². The molecule has 0 aromatic rings. The van der Waals surface area contributed by atoms with Crippen LogP contribution in [-0.2, 0) is 4.79 Å². The Morgan fingerprint density at radius 1 is 1.44 bits per heavy atom. The maximum atomic E-state index is 9.60. The van der Waals surface area contributed by atoms with E-state index in [0.29, 0.717) is 6.42 Å². The fourth-order valence-corrected chi connectivity index (χ4v) is 0.824. The number of carbonyl (C=O) groups is 1. The van der Waals surface area contributed by atoms with Crippen LogP contribution in [-0.4, -0.2) is 33.0 Å². The van der Waals surface area contributed by atoms with Crippen molar-refractivity contribution in [2.45, 2.75) is 52.7 Å². The number of hydrogen-bond acceptors (Lipinski definition) is 3. The zero-order valence-electron chi connectivity index (χ0n) is 10.8. The predicted octanol–water partition coefficient (Wildman–Crippen LogP) is 1.81. The van der Waals surface area contributed by atoms with E-state index in [1.54, 1.807) is 13.8 Å². The van der Waals surface area contributed by atoms with E-state index in [4.69, 9.17) is 5.11 Å². The molecule has 0 aromatic carbocycles. The summed E-state index contributed by atoms with van der Waals surface area (Å²) in [6, 6.07) is 0. The largest absolute Gasteiger partial charge is 0.478 e. The SMILES string of the molecule is C=C(C)C(=O)O.CCC(O)C(C)C(C)(C)O. The molecule has 4 heteroatoms. The average Bonchev–Trinajstić information content (AvgIpc) is 2.14. The van der Waals surface area contributed by atoms with Gasteiger partial charge < -0.3 is 15.3 Å². The van der Waals surface area contributed by atoms with Crippen molar-refractivity contribution in [3.8, 4) is 0 Å². The van der Waals surface area contributed by atoms with Crippen molar-refractivity contribution in [3.63, 3.8) is 0 Å². The topological polar surface area (TPSA) is 77.8 Å². The van der Waals surface area contributed by atoms with Crippen LogP contribution in [0.4, 0.5) is 0 Å². The minimum absolute atomic E-state index is 0.0579. The third kappa shape index (κ3) is 8.44. The zero-order valence-corrected chi connectivity index (χ0v) is 10.8. The molecule has 2 atom stereocenters. The highest BCUT2D eigenvalue weighted by Crippen LogP contribution is 2.20. The lowest BCUT2D eigenvalue weighted by Crippen LogP contribution is -2.36. The molecule has 3 N–H and O–H groups in total. The van der Waals surface area contributed by atoms with Crippen molar-refractivity contribution in [2.75, 3.05) is 0 Å². The molecule has 0 spiro atoms. The molecule has 0 aromatic heterocycles. The first kappa shape index (κ1) is 17.5. The van der Waals surface area contributed by atoms with E-state index in [2.05, 4.69) is 6.58 Å². The second kappa shape index (κ2) is 7.41. The smallest absolute Gasteiger partial charge is 0.330 e. The lowest BCUT2D eigenvalue weighted by molar-refractivity contribution is -0.132. The van der Waals surface area contributed by atoms with Crippen molar-refractivity contribution in [1.82, 2.24) is 0 Å². The number of aliphatic hydroxyl groups excluding tert-OH is 1. The number of aliphatic carboxylic acids is 1. The molecular weight excluding hydrogens is 208 g/mol. The van der Waals surface area contributed by atoms with Crippen LogP contribution >= 0.6 is 0 Å². The molecule has 4 nitrogen and oxygen atoms in total. The van der Waals surface area contributed by atoms with Crippen molar-refractivity contribution >= 4 is 5.97 Å². The van der Waals surface area contributed by atoms with Gasteiger partial charge in [-0.3, -0.25) is 0 Å². The van der Waals surface area contributed by atoms with Gasteiger partial charge in [-0.1, -0.05) is 20.4 Å². The van der Waals surface area contributed by atoms with Crippen LogP contribution in [0.25, 0.3) is 0 Å². The molecule has 16 heavy (non-hydrogen) atoms. The average molecular weight is 232 g/mol. The van der Waals surface area contributed by atoms with Crippen molar-refractivity contribution in [3.05, 3.63) is 12.2 Å². The maximum absolute atomic E-state index is 9.60. The molecular formula is C12H24O4. The molecule has 0 amide bonds. The summed E-state index contributed by atoms with van der Waals surface area (Å²) >= 11 is 0. The highest BCUT2D eigenvalue weighted by molar-refractivity contribution is 5.84. The monoisotopic (exact) mass is 232 g/mol. The van der Waals surface area contributed by atoms with Crippen LogP contribution in [0.3, 0.4) is 0 Å². The summed E-state index contributed by atoms with van der Waals surface area (Å²) in [5, 5.41) is 26.6. The number of carboxylic acids is 1. The van der Waals surface area contributed by atoms with E-state index in [-0.39, 0.29) is 17.6 Å². The van der Waals surface area contributed by atoms with Gasteiger partial charge in [-0.15, -0.1) is 0 Å². The Morgan fingerprint density at radius 2 is 1.75 bits per heavy atom. The maximum Gasteiger partial charge on any atom is 0.330 e. The highest BCUT2D eigenvalue weighted by atomic mass is 16.4. The van der Waals surface area contributed by atoms with Gasteiger partial charge in [-0.25, -0.2) is 4.79 Å². The molecule has 0 bridgehead atoms. The van der Waals surface area contributed by atoms with Crippen LogP contribution in [0, 0.1) is 5.92 Å². The van der Waals surface area contributed by atoms with Gasteiger partial charge in [0.1, 0.15) is 0 Å². The molecule has 0 saturated carbocycles. The summed E-state index contributed by atoms with van der Waals surface area (Å²) in [6.07, 6.45) is 0.311. The first-order chi connectivity index (χ1) is 7.03. The lowest BCUT2D eigenvalue weighted by atomic mass is 9.87. The van der Waals surface area contributed by atoms with Crippen LogP contribution in [0.2, 0.25) is 0 Å². The van der Waals surface area contributed by atoms with Gasteiger partial charge in [-0.2, -0.15) is 0 Å². The Morgan fingerprint density at radius 3 is 1.81 bits per heavy atom. The quantitative estimate of drug-likeness (QED) is 0.646. The van der Waals surface area contributed by atoms with Crippen LogP contribution < -0.4 is 0 Å². The Labute approximate surface area is 97.6 Å². The molecule has 0 aliphatic rings. The lowest BCUT2D eigenvalue weighted by Gasteiger charge is -2.29. The third-order valence-electron chi connectivity index (χ3n) is 2.47. The molecule has 96 valence electrons. The van der Waals surface area contributed by atoms with Crippen molar-refractivity contribution in [2.24, 2.45) is 5.92 Å². The molecule has 0 radical (unpaired) electrons. The first-order valence-corrected chi connectivity index (χ1v) is 5.33. The van der Waals surface area contributed by atoms with Gasteiger partial charge in [0.05, 0.1) is 11.7 Å².